The van der Waals surface area contributed by atoms with Crippen LogP contribution in [0.1, 0.15) is 11.1 Å². The third-order valence-electron chi connectivity index (χ3n) is 3.44. The highest BCUT2D eigenvalue weighted by molar-refractivity contribution is 7.46. The predicted molar refractivity (Wildman–Crippen MR) is 82.2 cm³/mol. The highest BCUT2D eigenvalue weighted by Crippen LogP contribution is 2.41. The minimum atomic E-state index is -4.74. The molecule has 1 fully saturated rings. The second-order valence-corrected chi connectivity index (χ2v) is 7.89. The van der Waals surface area contributed by atoms with Crippen molar-refractivity contribution in [1.29, 1.82) is 0 Å². The normalized spacial score (nSPS) is 27.9. The number of ether oxygens (including phenoxy) is 1. The summed E-state index contributed by atoms with van der Waals surface area (Å²) in [6.07, 6.45) is -5.10. The minimum Gasteiger partial charge on any atom is -0.387 e. The molecule has 0 spiro atoms. The van der Waals surface area contributed by atoms with Crippen LogP contribution in [-0.2, 0) is 13.8 Å². The first kappa shape index (κ1) is 18.1. The van der Waals surface area contributed by atoms with E-state index in [-0.39, 0.29) is 15.5 Å². The maximum absolute atomic E-state index is 13.9. The largest absolute Gasteiger partial charge is 0.469 e. The number of benzene rings is 1. The van der Waals surface area contributed by atoms with Gasteiger partial charge in [-0.2, -0.15) is 0 Å². The Bertz CT molecular complexity index is 814. The molecule has 0 saturated carbocycles. The summed E-state index contributed by atoms with van der Waals surface area (Å²) in [6, 6.07) is 2.61. The molecule has 1 aromatic heterocycles. The summed E-state index contributed by atoms with van der Waals surface area (Å²) >= 11 is 6.81. The molecule has 1 aliphatic heterocycles. The SMILES string of the molecule is O=P(O)(O)OC[C@H]1O[C@@H](c2nc3c(F)cc(Cl)cc3s2)[C@H](O)[C@H]1O. The molecule has 132 valence electrons. The van der Waals surface area contributed by atoms with Crippen LogP contribution in [0.25, 0.3) is 10.2 Å². The van der Waals surface area contributed by atoms with Gasteiger partial charge in [-0.1, -0.05) is 11.6 Å². The molecular formula is C12H12ClFNO7PS. The van der Waals surface area contributed by atoms with Crippen molar-refractivity contribution < 1.29 is 38.2 Å². The van der Waals surface area contributed by atoms with Gasteiger partial charge in [0.1, 0.15) is 34.9 Å². The molecule has 1 saturated heterocycles. The minimum absolute atomic E-state index is 0.0552. The van der Waals surface area contributed by atoms with Crippen molar-refractivity contribution in [1.82, 2.24) is 4.98 Å². The van der Waals surface area contributed by atoms with Crippen molar-refractivity contribution in [2.75, 3.05) is 6.61 Å². The van der Waals surface area contributed by atoms with Crippen LogP contribution in [0.3, 0.4) is 0 Å². The van der Waals surface area contributed by atoms with E-state index >= 15 is 0 Å². The van der Waals surface area contributed by atoms with Crippen LogP contribution in [0.4, 0.5) is 4.39 Å². The van der Waals surface area contributed by atoms with Crippen LogP contribution in [0.5, 0.6) is 0 Å². The molecule has 24 heavy (non-hydrogen) atoms. The first-order valence-electron chi connectivity index (χ1n) is 6.63. The van der Waals surface area contributed by atoms with E-state index in [9.17, 15) is 19.2 Å². The Morgan fingerprint density at radius 1 is 1.38 bits per heavy atom. The fraction of sp³-hybridized carbons (Fsp3) is 0.417. The molecule has 3 rings (SSSR count). The average Bonchev–Trinajstić information content (AvgIpc) is 2.99. The van der Waals surface area contributed by atoms with E-state index < -0.39 is 44.7 Å². The fourth-order valence-corrected chi connectivity index (χ4v) is 4.07. The van der Waals surface area contributed by atoms with Gasteiger partial charge in [0.15, 0.2) is 5.82 Å². The van der Waals surface area contributed by atoms with Crippen molar-refractivity contribution in [3.05, 3.63) is 28.0 Å². The Kier molecular flexibility index (Phi) is 4.95. The summed E-state index contributed by atoms with van der Waals surface area (Å²) in [5.74, 6) is -0.630. The van der Waals surface area contributed by atoms with Crippen LogP contribution < -0.4 is 0 Å². The summed E-state index contributed by atoms with van der Waals surface area (Å²) < 4.78 is 34.7. The number of aliphatic hydroxyl groups excluding tert-OH is 2. The lowest BCUT2D eigenvalue weighted by molar-refractivity contribution is -0.0223. The summed E-state index contributed by atoms with van der Waals surface area (Å²) in [5.41, 5.74) is 0.0552. The quantitative estimate of drug-likeness (QED) is 0.567. The van der Waals surface area contributed by atoms with Gasteiger partial charge in [-0.15, -0.1) is 11.3 Å². The van der Waals surface area contributed by atoms with E-state index in [4.69, 9.17) is 26.1 Å². The molecule has 0 amide bonds. The maximum atomic E-state index is 13.9. The lowest BCUT2D eigenvalue weighted by atomic mass is 10.1. The van der Waals surface area contributed by atoms with Crippen LogP contribution in [0, 0.1) is 5.82 Å². The number of aromatic nitrogens is 1. The number of hydrogen-bond donors (Lipinski definition) is 4. The van der Waals surface area contributed by atoms with E-state index in [2.05, 4.69) is 9.51 Å². The topological polar surface area (TPSA) is 129 Å². The number of fused-ring (bicyclic) bond motifs is 1. The zero-order valence-electron chi connectivity index (χ0n) is 11.7. The average molecular weight is 400 g/mol. The van der Waals surface area contributed by atoms with Gasteiger partial charge >= 0.3 is 7.82 Å². The number of aliphatic hydroxyl groups is 2. The van der Waals surface area contributed by atoms with Crippen LogP contribution >= 0.6 is 30.8 Å². The van der Waals surface area contributed by atoms with Crippen molar-refractivity contribution >= 4 is 41.0 Å². The Hall–Kier alpha value is -0.680. The van der Waals surface area contributed by atoms with Crippen molar-refractivity contribution in [3.8, 4) is 0 Å². The van der Waals surface area contributed by atoms with E-state index in [1.54, 1.807) is 0 Å². The zero-order chi connectivity index (χ0) is 17.6. The van der Waals surface area contributed by atoms with Crippen molar-refractivity contribution in [2.45, 2.75) is 24.4 Å². The third kappa shape index (κ3) is 3.62. The number of thiazole rings is 1. The molecular weight excluding hydrogens is 388 g/mol. The molecule has 0 radical (unpaired) electrons. The number of rotatable bonds is 4. The molecule has 2 aromatic rings. The van der Waals surface area contributed by atoms with E-state index in [0.29, 0.717) is 4.70 Å². The Morgan fingerprint density at radius 2 is 2.08 bits per heavy atom. The Morgan fingerprint density at radius 3 is 2.75 bits per heavy atom. The summed E-state index contributed by atoms with van der Waals surface area (Å²) in [5, 5.41) is 20.4. The highest BCUT2D eigenvalue weighted by atomic mass is 35.5. The molecule has 4 atom stereocenters. The second kappa shape index (κ2) is 6.56. The fourth-order valence-electron chi connectivity index (χ4n) is 2.36. The number of phosphoric ester groups is 1. The second-order valence-electron chi connectivity index (χ2n) is 5.15. The summed E-state index contributed by atoms with van der Waals surface area (Å²) in [6.45, 7) is -0.621. The van der Waals surface area contributed by atoms with Crippen LogP contribution in [-0.4, -0.2) is 49.9 Å². The Labute approximate surface area is 143 Å². The number of halogens is 2. The molecule has 1 aromatic carbocycles. The third-order valence-corrected chi connectivity index (χ3v) is 5.21. The van der Waals surface area contributed by atoms with Gasteiger partial charge in [0.2, 0.25) is 0 Å². The van der Waals surface area contributed by atoms with Gasteiger partial charge in [0.25, 0.3) is 0 Å². The van der Waals surface area contributed by atoms with Gasteiger partial charge in [-0.3, -0.25) is 4.52 Å². The number of hydrogen-bond acceptors (Lipinski definition) is 7. The van der Waals surface area contributed by atoms with E-state index in [1.807, 2.05) is 0 Å². The van der Waals surface area contributed by atoms with Gasteiger partial charge in [0, 0.05) is 5.02 Å². The van der Waals surface area contributed by atoms with E-state index in [1.165, 1.54) is 6.07 Å². The Balaban J connectivity index is 1.84. The molecule has 0 aliphatic carbocycles. The van der Waals surface area contributed by atoms with Crippen molar-refractivity contribution in [2.24, 2.45) is 0 Å². The molecule has 1 aliphatic rings. The van der Waals surface area contributed by atoms with Gasteiger partial charge in [0.05, 0.1) is 11.3 Å². The number of nitrogens with zero attached hydrogens (tertiary/aromatic N) is 1. The van der Waals surface area contributed by atoms with Crippen LogP contribution in [0.2, 0.25) is 5.02 Å². The van der Waals surface area contributed by atoms with Gasteiger partial charge in [-0.25, -0.2) is 13.9 Å². The first-order chi connectivity index (χ1) is 11.2. The maximum Gasteiger partial charge on any atom is 0.469 e. The molecule has 12 heteroatoms. The lowest BCUT2D eigenvalue weighted by Gasteiger charge is -2.14. The predicted octanol–water partition coefficient (Wildman–Crippen LogP) is 1.36. The summed E-state index contributed by atoms with van der Waals surface area (Å²) in [4.78, 5) is 21.4. The lowest BCUT2D eigenvalue weighted by Crippen LogP contribution is -2.33. The molecule has 0 bridgehead atoms. The molecule has 8 nitrogen and oxygen atoms in total. The van der Waals surface area contributed by atoms with Gasteiger partial charge in [-0.05, 0) is 12.1 Å². The smallest absolute Gasteiger partial charge is 0.387 e. The summed E-state index contributed by atoms with van der Waals surface area (Å²) in [7, 11) is -4.74. The van der Waals surface area contributed by atoms with E-state index in [0.717, 1.165) is 17.4 Å². The number of phosphoric acid groups is 1. The van der Waals surface area contributed by atoms with Crippen LogP contribution in [0.15, 0.2) is 12.1 Å². The highest BCUT2D eigenvalue weighted by Gasteiger charge is 2.45. The molecule has 0 unspecified atom stereocenters. The molecule has 4 N–H and O–H groups in total. The first-order valence-corrected chi connectivity index (χ1v) is 9.35. The van der Waals surface area contributed by atoms with Crippen molar-refractivity contribution in [3.63, 3.8) is 0 Å². The monoisotopic (exact) mass is 399 g/mol. The zero-order valence-corrected chi connectivity index (χ0v) is 14.2. The standard InChI is InChI=1S/C12H12ClFNO7PS/c13-4-1-5(14)8-7(2-4)24-12(15-8)11-10(17)9(16)6(22-11)3-21-23(18,19)20/h1-2,6,9-11,16-17H,3H2,(H2,18,19,20)/t6-,9+,10-,11-/m1/s1. The molecule has 2 heterocycles. The van der Waals surface area contributed by atoms with Gasteiger partial charge < -0.3 is 24.7 Å².